The van der Waals surface area contributed by atoms with Crippen LogP contribution < -0.4 is 5.32 Å². The fourth-order valence-electron chi connectivity index (χ4n) is 4.47. The van der Waals surface area contributed by atoms with Crippen LogP contribution in [0.2, 0.25) is 0 Å². The summed E-state index contributed by atoms with van der Waals surface area (Å²) in [4.78, 5) is 13.6. The van der Waals surface area contributed by atoms with Gasteiger partial charge in [-0.05, 0) is 44.4 Å². The Morgan fingerprint density at radius 2 is 2.00 bits per heavy atom. The van der Waals surface area contributed by atoms with Gasteiger partial charge in [0.1, 0.15) is 5.56 Å². The number of hydrogen-bond acceptors (Lipinski definition) is 6. The Kier molecular flexibility index (Phi) is 5.36. The lowest BCUT2D eigenvalue weighted by molar-refractivity contribution is -0.137. The SMILES string of the molecule is CS(=O)(=O)c1ccc2c(-c3nc(N[C@H]4CCCN(C5CC5)C4)ncc3C(F)(F)F)c[nH]c2c1. The lowest BCUT2D eigenvalue weighted by Crippen LogP contribution is -2.43. The normalized spacial score (nSPS) is 20.3. The molecule has 1 atom stereocenters. The van der Waals surface area contributed by atoms with Crippen LogP contribution in [0, 0.1) is 0 Å². The zero-order valence-corrected chi connectivity index (χ0v) is 18.8. The Labute approximate surface area is 189 Å². The molecular weight excluding hydrogens is 455 g/mol. The van der Waals surface area contributed by atoms with Gasteiger partial charge in [0.25, 0.3) is 0 Å². The van der Waals surface area contributed by atoms with Crippen LogP contribution in [0.25, 0.3) is 22.2 Å². The van der Waals surface area contributed by atoms with Crippen molar-refractivity contribution < 1.29 is 21.6 Å². The van der Waals surface area contributed by atoms with Crippen molar-refractivity contribution in [2.45, 2.75) is 48.8 Å². The lowest BCUT2D eigenvalue weighted by Gasteiger charge is -2.33. The van der Waals surface area contributed by atoms with Gasteiger partial charge in [0.05, 0.1) is 10.6 Å². The highest BCUT2D eigenvalue weighted by molar-refractivity contribution is 7.90. The molecule has 33 heavy (non-hydrogen) atoms. The van der Waals surface area contributed by atoms with E-state index in [1.807, 2.05) is 0 Å². The van der Waals surface area contributed by atoms with Gasteiger partial charge in [-0.1, -0.05) is 6.07 Å². The Hall–Kier alpha value is -2.66. The Bertz CT molecular complexity index is 1300. The van der Waals surface area contributed by atoms with E-state index >= 15 is 0 Å². The number of piperidine rings is 1. The first-order chi connectivity index (χ1) is 15.6. The van der Waals surface area contributed by atoms with E-state index in [-0.39, 0.29) is 28.1 Å². The predicted octanol–water partition coefficient (Wildman–Crippen LogP) is 4.09. The number of likely N-dealkylation sites (tertiary alicyclic amines) is 1. The highest BCUT2D eigenvalue weighted by Gasteiger charge is 2.37. The minimum absolute atomic E-state index is 0.0734. The molecule has 1 aromatic carbocycles. The maximum atomic E-state index is 13.8. The smallest absolute Gasteiger partial charge is 0.360 e. The minimum Gasteiger partial charge on any atom is -0.360 e. The van der Waals surface area contributed by atoms with Crippen molar-refractivity contribution in [2.24, 2.45) is 0 Å². The summed E-state index contributed by atoms with van der Waals surface area (Å²) >= 11 is 0. The van der Waals surface area contributed by atoms with Crippen LogP contribution in [0.1, 0.15) is 31.2 Å². The van der Waals surface area contributed by atoms with Crippen molar-refractivity contribution in [2.75, 3.05) is 24.7 Å². The van der Waals surface area contributed by atoms with Gasteiger partial charge in [-0.25, -0.2) is 18.4 Å². The van der Waals surface area contributed by atoms with E-state index < -0.39 is 21.6 Å². The molecule has 0 radical (unpaired) electrons. The van der Waals surface area contributed by atoms with Crippen molar-refractivity contribution in [1.29, 1.82) is 0 Å². The predicted molar refractivity (Wildman–Crippen MR) is 119 cm³/mol. The number of benzene rings is 1. The summed E-state index contributed by atoms with van der Waals surface area (Å²) < 4.78 is 65.1. The molecule has 11 heteroatoms. The highest BCUT2D eigenvalue weighted by Crippen LogP contribution is 2.39. The third kappa shape index (κ3) is 4.56. The zero-order valence-electron chi connectivity index (χ0n) is 18.0. The van der Waals surface area contributed by atoms with Gasteiger partial charge in [-0.2, -0.15) is 13.2 Å². The molecule has 3 heterocycles. The van der Waals surface area contributed by atoms with Gasteiger partial charge in [0.2, 0.25) is 5.95 Å². The van der Waals surface area contributed by atoms with Crippen LogP contribution in [0.4, 0.5) is 19.1 Å². The number of anilines is 1. The first kappa shape index (κ1) is 22.1. The van der Waals surface area contributed by atoms with E-state index in [4.69, 9.17) is 0 Å². The average Bonchev–Trinajstić information content (AvgIpc) is 3.51. The molecular formula is C22H24F3N5O2S. The number of H-pyrrole nitrogens is 1. The number of alkyl halides is 3. The van der Waals surface area contributed by atoms with Gasteiger partial charge in [-0.15, -0.1) is 0 Å². The number of rotatable bonds is 5. The first-order valence-electron chi connectivity index (χ1n) is 10.9. The van der Waals surface area contributed by atoms with Gasteiger partial charge in [0.15, 0.2) is 9.84 Å². The molecule has 0 spiro atoms. The largest absolute Gasteiger partial charge is 0.419 e. The summed E-state index contributed by atoms with van der Waals surface area (Å²) in [5.41, 5.74) is -0.523. The van der Waals surface area contributed by atoms with E-state index in [1.165, 1.54) is 37.2 Å². The molecule has 1 saturated carbocycles. The second-order valence-electron chi connectivity index (χ2n) is 8.85. The lowest BCUT2D eigenvalue weighted by atomic mass is 10.1. The molecule has 7 nitrogen and oxygen atoms in total. The summed E-state index contributed by atoms with van der Waals surface area (Å²) in [5.74, 6) is 0.155. The highest BCUT2D eigenvalue weighted by atomic mass is 32.2. The monoisotopic (exact) mass is 479 g/mol. The molecule has 1 aliphatic carbocycles. The molecule has 1 aliphatic heterocycles. The van der Waals surface area contributed by atoms with E-state index in [2.05, 4.69) is 25.2 Å². The molecule has 0 unspecified atom stereocenters. The van der Waals surface area contributed by atoms with E-state index in [0.717, 1.165) is 38.4 Å². The van der Waals surface area contributed by atoms with Crippen molar-refractivity contribution >= 4 is 26.7 Å². The van der Waals surface area contributed by atoms with Crippen LogP contribution in [-0.2, 0) is 16.0 Å². The maximum absolute atomic E-state index is 13.8. The summed E-state index contributed by atoms with van der Waals surface area (Å²) in [6, 6.07) is 5.00. The van der Waals surface area contributed by atoms with Crippen molar-refractivity contribution in [1.82, 2.24) is 19.9 Å². The van der Waals surface area contributed by atoms with E-state index in [0.29, 0.717) is 16.9 Å². The number of fused-ring (bicyclic) bond motifs is 1. The van der Waals surface area contributed by atoms with Gasteiger partial charge < -0.3 is 10.3 Å². The van der Waals surface area contributed by atoms with Crippen LogP contribution >= 0.6 is 0 Å². The van der Waals surface area contributed by atoms with E-state index in [1.54, 1.807) is 0 Å². The fraction of sp³-hybridized carbons (Fsp3) is 0.455. The molecule has 176 valence electrons. The standard InChI is InChI=1S/C22H24F3N5O2S/c1-33(31,32)15-6-7-16-17(10-26-19(16)9-15)20-18(22(23,24)25)11-27-21(29-20)28-13-3-2-8-30(12-13)14-4-5-14/h6-7,9-11,13-14,26H,2-5,8,12H2,1H3,(H,27,28,29)/t13-/m0/s1. The Balaban J connectivity index is 1.51. The molecule has 0 bridgehead atoms. The molecule has 2 N–H and O–H groups in total. The first-order valence-corrected chi connectivity index (χ1v) is 12.7. The van der Waals surface area contributed by atoms with Crippen LogP contribution in [0.5, 0.6) is 0 Å². The van der Waals surface area contributed by atoms with Gasteiger partial charge in [-0.3, -0.25) is 4.90 Å². The van der Waals surface area contributed by atoms with Gasteiger partial charge >= 0.3 is 6.18 Å². The van der Waals surface area contributed by atoms with Crippen LogP contribution in [-0.4, -0.2) is 59.7 Å². The summed E-state index contributed by atoms with van der Waals surface area (Å²) in [6.45, 7) is 1.87. The molecule has 2 aromatic heterocycles. The number of sulfone groups is 1. The molecule has 2 aliphatic rings. The Morgan fingerprint density at radius 1 is 1.21 bits per heavy atom. The second kappa shape index (κ2) is 7.98. The number of hydrogen-bond donors (Lipinski definition) is 2. The topological polar surface area (TPSA) is 91.0 Å². The average molecular weight is 480 g/mol. The molecule has 3 aromatic rings. The van der Waals surface area contributed by atoms with Gasteiger partial charge in [0, 0.05) is 53.7 Å². The molecule has 2 fully saturated rings. The molecule has 5 rings (SSSR count). The van der Waals surface area contributed by atoms with Crippen LogP contribution in [0.15, 0.2) is 35.5 Å². The maximum Gasteiger partial charge on any atom is 0.419 e. The number of nitrogens with zero attached hydrogens (tertiary/aromatic N) is 3. The molecule has 1 saturated heterocycles. The van der Waals surface area contributed by atoms with Crippen LogP contribution in [0.3, 0.4) is 0 Å². The summed E-state index contributed by atoms with van der Waals surface area (Å²) in [5, 5.41) is 3.68. The summed E-state index contributed by atoms with van der Waals surface area (Å²) in [7, 11) is -3.45. The zero-order chi connectivity index (χ0) is 23.4. The number of nitrogens with one attached hydrogen (secondary N) is 2. The third-order valence-electron chi connectivity index (χ3n) is 6.28. The number of halogens is 3. The second-order valence-corrected chi connectivity index (χ2v) is 10.9. The number of aromatic nitrogens is 3. The van der Waals surface area contributed by atoms with E-state index in [9.17, 15) is 21.6 Å². The minimum atomic E-state index is -4.64. The fourth-order valence-corrected chi connectivity index (χ4v) is 5.12. The summed E-state index contributed by atoms with van der Waals surface area (Å²) in [6.07, 6.45) is 3.01. The van der Waals surface area contributed by atoms with Crippen molar-refractivity contribution in [3.8, 4) is 11.3 Å². The third-order valence-corrected chi connectivity index (χ3v) is 7.39. The number of aromatic amines is 1. The van der Waals surface area contributed by atoms with Crippen molar-refractivity contribution in [3.05, 3.63) is 36.2 Å². The quantitative estimate of drug-likeness (QED) is 0.573. The van der Waals surface area contributed by atoms with Crippen molar-refractivity contribution in [3.63, 3.8) is 0 Å². The molecule has 0 amide bonds. The Morgan fingerprint density at radius 3 is 2.70 bits per heavy atom.